The van der Waals surface area contributed by atoms with Crippen molar-refractivity contribution in [3.8, 4) is 5.75 Å². The van der Waals surface area contributed by atoms with Crippen LogP contribution in [0.25, 0.3) is 10.9 Å². The molecule has 5 rings (SSSR count). The number of carbonyl (C=O) groups excluding carboxylic acids is 1. The number of ether oxygens (including phenoxy) is 1. The molecule has 0 aliphatic carbocycles. The quantitative estimate of drug-likeness (QED) is 0.399. The highest BCUT2D eigenvalue weighted by Crippen LogP contribution is 2.43. The number of benzene rings is 3. The third kappa shape index (κ3) is 4.57. The number of amides is 1. The van der Waals surface area contributed by atoms with E-state index in [1.165, 1.54) is 12.1 Å². The summed E-state index contributed by atoms with van der Waals surface area (Å²) < 4.78 is 20.7. The highest BCUT2D eigenvalue weighted by molar-refractivity contribution is 6.30. The average molecular weight is 494 g/mol. The molecule has 2 heterocycles. The number of fused-ring (bicyclic) bond motifs is 2. The summed E-state index contributed by atoms with van der Waals surface area (Å²) >= 11 is 6.29. The van der Waals surface area contributed by atoms with E-state index in [1.807, 2.05) is 24.3 Å². The summed E-state index contributed by atoms with van der Waals surface area (Å²) in [6.45, 7) is 0.213. The number of carbonyl (C=O) groups is 2. The van der Waals surface area contributed by atoms with E-state index in [0.717, 1.165) is 16.6 Å². The molecule has 1 aliphatic heterocycles. The van der Waals surface area contributed by atoms with Gasteiger partial charge in [0.05, 0.1) is 24.3 Å². The molecular formula is C26H21ClFN3O4. The zero-order valence-corrected chi connectivity index (χ0v) is 19.3. The highest BCUT2D eigenvalue weighted by Gasteiger charge is 2.36. The van der Waals surface area contributed by atoms with Crippen molar-refractivity contribution in [2.24, 2.45) is 0 Å². The molecule has 0 saturated heterocycles. The predicted molar refractivity (Wildman–Crippen MR) is 128 cm³/mol. The van der Waals surface area contributed by atoms with Gasteiger partial charge in [-0.05, 0) is 47.5 Å². The number of aryl methyl sites for hydroxylation is 1. The number of carboxylic acids is 1. The van der Waals surface area contributed by atoms with Gasteiger partial charge in [0.15, 0.2) is 6.61 Å². The Labute approximate surface area is 205 Å². The van der Waals surface area contributed by atoms with Crippen molar-refractivity contribution in [3.63, 3.8) is 0 Å². The van der Waals surface area contributed by atoms with Gasteiger partial charge in [-0.3, -0.25) is 9.48 Å². The van der Waals surface area contributed by atoms with Crippen LogP contribution >= 0.6 is 11.6 Å². The third-order valence-electron chi connectivity index (χ3n) is 6.08. The lowest BCUT2D eigenvalue weighted by atomic mass is 9.97. The minimum Gasteiger partial charge on any atom is -0.482 e. The van der Waals surface area contributed by atoms with Gasteiger partial charge in [-0.1, -0.05) is 35.9 Å². The number of rotatable bonds is 7. The second kappa shape index (κ2) is 9.38. The predicted octanol–water partition coefficient (Wildman–Crippen LogP) is 4.81. The largest absolute Gasteiger partial charge is 0.482 e. The molecule has 3 aromatic carbocycles. The van der Waals surface area contributed by atoms with Crippen LogP contribution in [0.3, 0.4) is 0 Å². The van der Waals surface area contributed by atoms with Crippen molar-refractivity contribution in [2.45, 2.75) is 25.6 Å². The molecule has 0 spiro atoms. The van der Waals surface area contributed by atoms with E-state index < -0.39 is 18.6 Å². The number of nitrogens with zero attached hydrogens (tertiary/aromatic N) is 3. The van der Waals surface area contributed by atoms with E-state index >= 15 is 0 Å². The van der Waals surface area contributed by atoms with Crippen LogP contribution in [0.2, 0.25) is 5.02 Å². The fourth-order valence-corrected chi connectivity index (χ4v) is 4.72. The zero-order valence-electron chi connectivity index (χ0n) is 18.5. The van der Waals surface area contributed by atoms with Crippen molar-refractivity contribution < 1.29 is 23.8 Å². The molecule has 1 N–H and O–H groups in total. The summed E-state index contributed by atoms with van der Waals surface area (Å²) in [5.41, 5.74) is 3.30. The summed E-state index contributed by atoms with van der Waals surface area (Å²) in [4.78, 5) is 26.4. The molecular weight excluding hydrogens is 473 g/mol. The van der Waals surface area contributed by atoms with Gasteiger partial charge in [-0.25, -0.2) is 9.18 Å². The van der Waals surface area contributed by atoms with E-state index in [2.05, 4.69) is 5.10 Å². The van der Waals surface area contributed by atoms with Crippen molar-refractivity contribution in [1.29, 1.82) is 0 Å². The van der Waals surface area contributed by atoms with E-state index in [1.54, 1.807) is 40.0 Å². The number of aromatic nitrogens is 2. The zero-order chi connectivity index (χ0) is 24.5. The minimum absolute atomic E-state index is 0.110. The van der Waals surface area contributed by atoms with Crippen LogP contribution in [0.5, 0.6) is 5.75 Å². The molecule has 0 saturated carbocycles. The lowest BCUT2D eigenvalue weighted by Crippen LogP contribution is -2.31. The monoisotopic (exact) mass is 493 g/mol. The van der Waals surface area contributed by atoms with E-state index in [9.17, 15) is 14.0 Å². The molecule has 1 atom stereocenters. The summed E-state index contributed by atoms with van der Waals surface area (Å²) in [5, 5.41) is 14.5. The Balaban J connectivity index is 1.45. The topological polar surface area (TPSA) is 84.7 Å². The molecule has 1 aliphatic rings. The Kier molecular flexibility index (Phi) is 6.13. The maximum Gasteiger partial charge on any atom is 0.341 e. The Morgan fingerprint density at radius 3 is 2.77 bits per heavy atom. The van der Waals surface area contributed by atoms with Crippen LogP contribution in [0, 0.1) is 5.82 Å². The number of carboxylic acid groups (broad SMARTS) is 1. The average Bonchev–Trinajstić information content (AvgIpc) is 3.42. The lowest BCUT2D eigenvalue weighted by molar-refractivity contribution is -0.139. The molecule has 0 fully saturated rings. The molecule has 0 bridgehead atoms. The van der Waals surface area contributed by atoms with Crippen LogP contribution in [-0.2, 0) is 22.7 Å². The SMILES string of the molecule is O=C(O)COc1ccc(Cl)cc1C1c2ccccc2CN1C(=O)CCn1ncc2cc(F)ccc21. The van der Waals surface area contributed by atoms with Crippen LogP contribution in [0.1, 0.15) is 29.2 Å². The Bertz CT molecular complexity index is 1440. The lowest BCUT2D eigenvalue weighted by Gasteiger charge is -2.27. The Morgan fingerprint density at radius 2 is 1.94 bits per heavy atom. The Hall–Kier alpha value is -3.91. The number of aliphatic carboxylic acids is 1. The van der Waals surface area contributed by atoms with Crippen LogP contribution < -0.4 is 4.74 Å². The first-order valence-corrected chi connectivity index (χ1v) is 11.4. The van der Waals surface area contributed by atoms with Crippen molar-refractivity contribution in [1.82, 2.24) is 14.7 Å². The first kappa shape index (κ1) is 22.9. The first-order valence-electron chi connectivity index (χ1n) is 11.0. The third-order valence-corrected chi connectivity index (χ3v) is 6.32. The maximum atomic E-state index is 13.5. The van der Waals surface area contributed by atoms with Crippen molar-refractivity contribution in [2.75, 3.05) is 6.61 Å². The van der Waals surface area contributed by atoms with Gasteiger partial charge in [0, 0.05) is 28.9 Å². The molecule has 1 amide bonds. The van der Waals surface area contributed by atoms with Gasteiger partial charge in [-0.2, -0.15) is 5.10 Å². The second-order valence-corrected chi connectivity index (χ2v) is 8.74. The summed E-state index contributed by atoms with van der Waals surface area (Å²) in [7, 11) is 0. The molecule has 178 valence electrons. The van der Waals surface area contributed by atoms with Crippen molar-refractivity contribution in [3.05, 3.63) is 94.4 Å². The highest BCUT2D eigenvalue weighted by atomic mass is 35.5. The van der Waals surface area contributed by atoms with Gasteiger partial charge in [0.25, 0.3) is 0 Å². The van der Waals surface area contributed by atoms with Gasteiger partial charge in [0.1, 0.15) is 11.6 Å². The summed E-state index contributed by atoms with van der Waals surface area (Å²) in [6, 6.07) is 16.6. The van der Waals surface area contributed by atoms with Gasteiger partial charge >= 0.3 is 5.97 Å². The fourth-order valence-electron chi connectivity index (χ4n) is 4.54. The molecule has 7 nitrogen and oxygen atoms in total. The minimum atomic E-state index is -1.10. The van der Waals surface area contributed by atoms with Gasteiger partial charge in [0.2, 0.25) is 5.91 Å². The number of halogens is 2. The van der Waals surface area contributed by atoms with Gasteiger partial charge < -0.3 is 14.7 Å². The van der Waals surface area contributed by atoms with Gasteiger partial charge in [-0.15, -0.1) is 0 Å². The van der Waals surface area contributed by atoms with Crippen LogP contribution in [-0.4, -0.2) is 38.3 Å². The maximum absolute atomic E-state index is 13.5. The molecule has 4 aromatic rings. The molecule has 35 heavy (non-hydrogen) atoms. The molecule has 9 heteroatoms. The van der Waals surface area contributed by atoms with Crippen molar-refractivity contribution >= 4 is 34.4 Å². The second-order valence-electron chi connectivity index (χ2n) is 8.31. The molecule has 0 radical (unpaired) electrons. The van der Waals surface area contributed by atoms with Crippen LogP contribution in [0.4, 0.5) is 4.39 Å². The first-order chi connectivity index (χ1) is 16.9. The fraction of sp³-hybridized carbons (Fsp3) is 0.192. The van der Waals surface area contributed by atoms with Crippen LogP contribution in [0.15, 0.2) is 66.9 Å². The summed E-state index contributed by atoms with van der Waals surface area (Å²) in [5.74, 6) is -1.19. The molecule has 1 aromatic heterocycles. The standard InChI is InChI=1S/C26H21ClFN3O4/c27-18-5-8-23(35-15-25(33)34)21(12-18)26-20-4-2-1-3-16(20)14-30(26)24(32)9-10-31-22-7-6-19(28)11-17(22)13-29-31/h1-8,11-13,26H,9-10,14-15H2,(H,33,34). The van der Waals surface area contributed by atoms with E-state index in [-0.39, 0.29) is 18.1 Å². The summed E-state index contributed by atoms with van der Waals surface area (Å²) in [6.07, 6.45) is 1.75. The number of hydrogen-bond donors (Lipinski definition) is 1. The van der Waals surface area contributed by atoms with E-state index in [0.29, 0.717) is 34.8 Å². The Morgan fingerprint density at radius 1 is 1.11 bits per heavy atom. The smallest absolute Gasteiger partial charge is 0.341 e. The number of hydrogen-bond acceptors (Lipinski definition) is 4. The van der Waals surface area contributed by atoms with E-state index in [4.69, 9.17) is 21.4 Å². The normalized spacial score (nSPS) is 14.8. The molecule has 1 unspecified atom stereocenters.